The first-order chi connectivity index (χ1) is 41.2. The largest absolute Gasteiger partial charge is 0.310 e. The topological polar surface area (TPSA) is 6.48 Å². The minimum absolute atomic E-state index is 0.531. The quantitative estimate of drug-likeness (QED) is 0.173. The second-order valence-corrected chi connectivity index (χ2v) is 23.2. The molecule has 0 aromatic heterocycles. The van der Waals surface area contributed by atoms with Gasteiger partial charge in [-0.1, -0.05) is 255 Å². The van der Waals surface area contributed by atoms with Crippen LogP contribution in [0.2, 0.25) is 0 Å². The molecule has 1 heterocycles. The van der Waals surface area contributed by atoms with Crippen molar-refractivity contribution < 1.29 is 0 Å². The SMILES string of the molecule is c1ccc(N2c3ccccc3C3(c4ccccc4-c4c(N(c5ccc6c(c5)C5(c7ccccc7-c7ccccc75)c5ccccc5-6)c5cccc6c5-c5ccccc5C65c6ccccc6-c6ccccc65)cccc43)c3ccccc32)cc1. The summed E-state index contributed by atoms with van der Waals surface area (Å²) in [5, 5.41) is 0. The number of nitrogens with zero attached hydrogens (tertiary/aromatic N) is 2. The third kappa shape index (κ3) is 5.37. The smallest absolute Gasteiger partial charge is 0.0755 e. The average molecular weight is 1050 g/mol. The molecule has 83 heavy (non-hydrogen) atoms. The molecule has 0 N–H and O–H groups in total. The van der Waals surface area contributed by atoms with Gasteiger partial charge in [-0.2, -0.15) is 0 Å². The van der Waals surface area contributed by atoms with Crippen molar-refractivity contribution in [2.45, 2.75) is 16.2 Å². The van der Waals surface area contributed by atoms with Gasteiger partial charge < -0.3 is 9.80 Å². The van der Waals surface area contributed by atoms with Crippen molar-refractivity contribution in [1.29, 1.82) is 0 Å². The van der Waals surface area contributed by atoms with Crippen LogP contribution in [-0.4, -0.2) is 0 Å². The molecule has 384 valence electrons. The van der Waals surface area contributed by atoms with Gasteiger partial charge in [-0.05, 0) is 160 Å². The van der Waals surface area contributed by atoms with Crippen LogP contribution in [-0.2, 0) is 16.2 Å². The average Bonchev–Trinajstić information content (AvgIpc) is 2.51. The molecular weight excluding hydrogens is 1000 g/mol. The van der Waals surface area contributed by atoms with Gasteiger partial charge in [0.15, 0.2) is 0 Å². The monoisotopic (exact) mass is 1050 g/mol. The maximum absolute atomic E-state index is 2.68. The van der Waals surface area contributed by atoms with Crippen LogP contribution in [0.15, 0.2) is 303 Å². The Kier molecular flexibility index (Phi) is 8.89. The predicted octanol–water partition coefficient (Wildman–Crippen LogP) is 20.0. The molecule has 19 rings (SSSR count). The van der Waals surface area contributed by atoms with Crippen molar-refractivity contribution in [3.8, 4) is 55.6 Å². The van der Waals surface area contributed by atoms with Gasteiger partial charge in [0.2, 0.25) is 0 Å². The summed E-state index contributed by atoms with van der Waals surface area (Å²) in [5.41, 5.74) is 33.7. The van der Waals surface area contributed by atoms with Gasteiger partial charge in [0, 0.05) is 22.5 Å². The maximum atomic E-state index is 2.68. The first-order valence-corrected chi connectivity index (χ1v) is 29.2. The Balaban J connectivity index is 0.940. The van der Waals surface area contributed by atoms with Gasteiger partial charge in [-0.15, -0.1) is 0 Å². The van der Waals surface area contributed by atoms with E-state index < -0.39 is 16.2 Å². The van der Waals surface area contributed by atoms with Crippen molar-refractivity contribution in [2.24, 2.45) is 0 Å². The molecule has 5 aliphatic carbocycles. The van der Waals surface area contributed by atoms with E-state index >= 15 is 0 Å². The normalized spacial score (nSPS) is 15.0. The highest BCUT2D eigenvalue weighted by Crippen LogP contribution is 2.69. The first-order valence-electron chi connectivity index (χ1n) is 29.2. The fourth-order valence-electron chi connectivity index (χ4n) is 17.1. The highest BCUT2D eigenvalue weighted by molar-refractivity contribution is 6.06. The van der Waals surface area contributed by atoms with E-state index in [2.05, 4.69) is 313 Å². The van der Waals surface area contributed by atoms with Crippen LogP contribution in [0, 0.1) is 0 Å². The lowest BCUT2D eigenvalue weighted by Crippen LogP contribution is -2.36. The number of rotatable bonds is 4. The van der Waals surface area contributed by atoms with Crippen molar-refractivity contribution in [1.82, 2.24) is 0 Å². The summed E-state index contributed by atoms with van der Waals surface area (Å²) in [7, 11) is 0. The zero-order chi connectivity index (χ0) is 54.2. The number of benzene rings is 13. The van der Waals surface area contributed by atoms with Crippen molar-refractivity contribution in [3.05, 3.63) is 370 Å². The van der Waals surface area contributed by atoms with Gasteiger partial charge in [-0.25, -0.2) is 0 Å². The summed E-state index contributed by atoms with van der Waals surface area (Å²) in [4.78, 5) is 5.15. The van der Waals surface area contributed by atoms with Crippen LogP contribution in [0.1, 0.15) is 66.8 Å². The Morgan fingerprint density at radius 2 is 0.518 bits per heavy atom. The van der Waals surface area contributed by atoms with E-state index in [-0.39, 0.29) is 0 Å². The second-order valence-electron chi connectivity index (χ2n) is 23.2. The molecule has 2 heteroatoms. The van der Waals surface area contributed by atoms with Crippen LogP contribution >= 0.6 is 0 Å². The number of fused-ring (bicyclic) bond motifs is 29. The van der Waals surface area contributed by atoms with E-state index in [0.717, 1.165) is 22.7 Å². The van der Waals surface area contributed by atoms with Crippen LogP contribution in [0.4, 0.5) is 34.1 Å². The number of anilines is 6. The van der Waals surface area contributed by atoms with Gasteiger partial charge in [0.05, 0.1) is 39.0 Å². The number of para-hydroxylation sites is 3. The van der Waals surface area contributed by atoms with E-state index in [1.54, 1.807) is 0 Å². The van der Waals surface area contributed by atoms with Gasteiger partial charge >= 0.3 is 0 Å². The lowest BCUT2D eigenvalue weighted by atomic mass is 9.64. The van der Waals surface area contributed by atoms with Gasteiger partial charge in [0.1, 0.15) is 0 Å². The first kappa shape index (κ1) is 45.2. The number of hydrogen-bond donors (Lipinski definition) is 0. The Labute approximate surface area is 483 Å². The van der Waals surface area contributed by atoms with E-state index in [0.29, 0.717) is 0 Å². The van der Waals surface area contributed by atoms with Crippen molar-refractivity contribution in [2.75, 3.05) is 9.80 Å². The zero-order valence-corrected chi connectivity index (χ0v) is 45.3. The predicted molar refractivity (Wildman–Crippen MR) is 339 cm³/mol. The van der Waals surface area contributed by atoms with Crippen molar-refractivity contribution >= 4 is 34.1 Å². The Morgan fingerprint density at radius 3 is 0.940 bits per heavy atom. The van der Waals surface area contributed by atoms with E-state index in [9.17, 15) is 0 Å². The standard InChI is InChI=1S/C81H50N2/c1-2-24-51(25-3-1)82-73-44-20-18-40-68(73)81(69-41-19-21-45-74(69)82)67-39-17-10-32-60(67)78-71(81)43-23-47-76(78)83(52-48-49-58-57-30-8-15-37-65(57)80(72(58)50-52)63-35-13-6-28-55(63)56-29-7-14-36-64(56)80)75-46-22-42-70-77(75)59-31-9-16-38-66(59)79(70)61-33-11-4-26-53(61)54-27-5-12-34-62(54)79/h1-50H. The molecule has 0 saturated heterocycles. The highest BCUT2D eigenvalue weighted by atomic mass is 15.2. The molecule has 2 nitrogen and oxygen atoms in total. The molecule has 6 aliphatic rings. The molecule has 0 unspecified atom stereocenters. The third-order valence-corrected chi connectivity index (χ3v) is 19.9. The molecule has 0 bridgehead atoms. The van der Waals surface area contributed by atoms with Crippen LogP contribution in [0.3, 0.4) is 0 Å². The molecular formula is C81H50N2. The molecule has 0 saturated carbocycles. The summed E-state index contributed by atoms with van der Waals surface area (Å²) in [6, 6.07) is 116. The Morgan fingerprint density at radius 1 is 0.217 bits per heavy atom. The summed E-state index contributed by atoms with van der Waals surface area (Å²) in [5.74, 6) is 0. The molecule has 0 amide bonds. The fourth-order valence-corrected chi connectivity index (χ4v) is 17.1. The zero-order valence-electron chi connectivity index (χ0n) is 45.3. The molecule has 3 spiro atoms. The van der Waals surface area contributed by atoms with E-state index in [4.69, 9.17) is 0 Å². The summed E-state index contributed by atoms with van der Waals surface area (Å²) >= 11 is 0. The van der Waals surface area contributed by atoms with Crippen LogP contribution in [0.5, 0.6) is 0 Å². The lowest BCUT2D eigenvalue weighted by Gasteiger charge is -2.45. The molecule has 0 atom stereocenters. The third-order valence-electron chi connectivity index (χ3n) is 19.9. The Hall–Kier alpha value is -10.5. The fraction of sp³-hybridized carbons (Fsp3) is 0.0370. The van der Waals surface area contributed by atoms with Crippen molar-refractivity contribution in [3.63, 3.8) is 0 Å². The summed E-state index contributed by atoms with van der Waals surface area (Å²) in [6.45, 7) is 0. The molecule has 0 fully saturated rings. The van der Waals surface area contributed by atoms with Crippen LogP contribution in [0.25, 0.3) is 55.6 Å². The number of hydrogen-bond acceptors (Lipinski definition) is 2. The molecule has 13 aromatic carbocycles. The lowest BCUT2D eigenvalue weighted by molar-refractivity contribution is 0.752. The molecule has 13 aromatic rings. The molecule has 0 radical (unpaired) electrons. The summed E-state index contributed by atoms with van der Waals surface area (Å²) in [6.07, 6.45) is 0. The highest BCUT2D eigenvalue weighted by Gasteiger charge is 2.56. The Bertz CT molecular complexity index is 4810. The summed E-state index contributed by atoms with van der Waals surface area (Å²) < 4.78 is 0. The molecule has 1 aliphatic heterocycles. The maximum Gasteiger partial charge on any atom is 0.0755 e. The van der Waals surface area contributed by atoms with Gasteiger partial charge in [-0.3, -0.25) is 0 Å². The van der Waals surface area contributed by atoms with Gasteiger partial charge in [0.25, 0.3) is 0 Å². The van der Waals surface area contributed by atoms with E-state index in [1.807, 2.05) is 0 Å². The van der Waals surface area contributed by atoms with Crippen LogP contribution < -0.4 is 9.80 Å². The second kappa shape index (κ2) is 16.3. The minimum Gasteiger partial charge on any atom is -0.310 e. The van der Waals surface area contributed by atoms with E-state index in [1.165, 1.54) is 134 Å². The minimum atomic E-state index is -0.653.